The number of para-hydroxylation sites is 2. The number of H-pyrrole nitrogens is 1. The Morgan fingerprint density at radius 2 is 1.88 bits per heavy atom. The van der Waals surface area contributed by atoms with E-state index in [1.165, 1.54) is 0 Å². The number of carbonyl (C=O) groups is 2. The largest absolute Gasteiger partial charge is 0.368 e. The molecule has 0 fully saturated rings. The molecule has 1 unspecified atom stereocenters. The highest BCUT2D eigenvalue weighted by Crippen LogP contribution is 2.45. The minimum Gasteiger partial charge on any atom is -0.368 e. The van der Waals surface area contributed by atoms with Crippen LogP contribution in [0, 0.1) is 0 Å². The molecule has 0 aliphatic carbocycles. The van der Waals surface area contributed by atoms with Crippen molar-refractivity contribution in [3.05, 3.63) is 65.4 Å². The summed E-state index contributed by atoms with van der Waals surface area (Å²) in [4.78, 5) is 29.9. The number of urea groups is 1. The SMILES string of the molecule is NC(=O)[C@@H]1Cc2c([nH]c3ccccc23)C2c3ccccc3NC(=O)N21. The summed E-state index contributed by atoms with van der Waals surface area (Å²) in [6, 6.07) is 14.3. The second kappa shape index (κ2) is 4.86. The van der Waals surface area contributed by atoms with Crippen LogP contribution in [0.1, 0.15) is 22.9 Å². The molecular weight excluding hydrogens is 316 g/mol. The van der Waals surface area contributed by atoms with Crippen LogP contribution in [0.25, 0.3) is 10.9 Å². The van der Waals surface area contributed by atoms with Gasteiger partial charge in [-0.25, -0.2) is 4.79 Å². The number of primary amides is 1. The van der Waals surface area contributed by atoms with E-state index in [9.17, 15) is 9.59 Å². The van der Waals surface area contributed by atoms with Crippen molar-refractivity contribution in [2.75, 3.05) is 5.32 Å². The summed E-state index contributed by atoms with van der Waals surface area (Å²) in [5.74, 6) is -0.490. The Morgan fingerprint density at radius 3 is 2.72 bits per heavy atom. The molecule has 0 saturated carbocycles. The third kappa shape index (κ3) is 1.85. The zero-order chi connectivity index (χ0) is 17.1. The molecular formula is C19H16N4O2. The van der Waals surface area contributed by atoms with Gasteiger partial charge in [-0.2, -0.15) is 0 Å². The highest BCUT2D eigenvalue weighted by atomic mass is 16.2. The normalized spacial score (nSPS) is 21.3. The molecule has 3 aromatic rings. The summed E-state index contributed by atoms with van der Waals surface area (Å²) in [6.07, 6.45) is 0.417. The Bertz CT molecular complexity index is 1040. The van der Waals surface area contributed by atoms with Gasteiger partial charge in [-0.3, -0.25) is 9.69 Å². The molecule has 2 aliphatic heterocycles. The van der Waals surface area contributed by atoms with Gasteiger partial charge in [0.1, 0.15) is 12.1 Å². The van der Waals surface area contributed by atoms with Crippen LogP contribution < -0.4 is 11.1 Å². The molecule has 6 heteroatoms. The van der Waals surface area contributed by atoms with Gasteiger partial charge in [0.25, 0.3) is 0 Å². The first-order valence-electron chi connectivity index (χ1n) is 8.22. The molecule has 3 amide bonds. The third-order valence-electron chi connectivity index (χ3n) is 5.19. The van der Waals surface area contributed by atoms with E-state index in [0.717, 1.165) is 33.4 Å². The van der Waals surface area contributed by atoms with E-state index in [0.29, 0.717) is 6.42 Å². The minimum absolute atomic E-state index is 0.295. The Kier molecular flexibility index (Phi) is 2.74. The summed E-state index contributed by atoms with van der Waals surface area (Å²) in [6.45, 7) is 0. The van der Waals surface area contributed by atoms with Crippen LogP contribution >= 0.6 is 0 Å². The lowest BCUT2D eigenvalue weighted by Gasteiger charge is -2.44. The van der Waals surface area contributed by atoms with Crippen molar-refractivity contribution >= 4 is 28.5 Å². The molecule has 2 aliphatic rings. The number of benzene rings is 2. The van der Waals surface area contributed by atoms with Crippen LogP contribution in [-0.2, 0) is 11.2 Å². The Balaban J connectivity index is 1.83. The molecule has 0 saturated heterocycles. The molecule has 0 bridgehead atoms. The average molecular weight is 332 g/mol. The summed E-state index contributed by atoms with van der Waals surface area (Å²) in [5.41, 5.74) is 10.4. The minimum atomic E-state index is -0.676. The second-order valence-corrected chi connectivity index (χ2v) is 6.51. The first-order chi connectivity index (χ1) is 12.1. The number of anilines is 1. The second-order valence-electron chi connectivity index (χ2n) is 6.51. The molecule has 124 valence electrons. The van der Waals surface area contributed by atoms with E-state index >= 15 is 0 Å². The van der Waals surface area contributed by atoms with Gasteiger partial charge in [0.05, 0.1) is 0 Å². The third-order valence-corrected chi connectivity index (χ3v) is 5.19. The van der Waals surface area contributed by atoms with Crippen molar-refractivity contribution < 1.29 is 9.59 Å². The number of nitrogens with zero attached hydrogens (tertiary/aromatic N) is 1. The maximum absolute atomic E-state index is 12.7. The van der Waals surface area contributed by atoms with Crippen LogP contribution in [0.3, 0.4) is 0 Å². The molecule has 3 heterocycles. The van der Waals surface area contributed by atoms with Gasteiger partial charge in [0.15, 0.2) is 0 Å². The molecule has 2 atom stereocenters. The van der Waals surface area contributed by atoms with Crippen molar-refractivity contribution in [2.45, 2.75) is 18.5 Å². The van der Waals surface area contributed by atoms with Gasteiger partial charge in [-0.05, 0) is 17.7 Å². The van der Waals surface area contributed by atoms with Crippen LogP contribution in [0.5, 0.6) is 0 Å². The molecule has 25 heavy (non-hydrogen) atoms. The smallest absolute Gasteiger partial charge is 0.323 e. The van der Waals surface area contributed by atoms with Crippen LogP contribution in [-0.4, -0.2) is 27.9 Å². The number of hydrogen-bond acceptors (Lipinski definition) is 2. The number of nitrogens with one attached hydrogen (secondary N) is 2. The lowest BCUT2D eigenvalue weighted by Crippen LogP contribution is -2.56. The van der Waals surface area contributed by atoms with Gasteiger partial charge in [-0.15, -0.1) is 0 Å². The molecule has 0 radical (unpaired) electrons. The Morgan fingerprint density at radius 1 is 1.12 bits per heavy atom. The monoisotopic (exact) mass is 332 g/mol. The fraction of sp³-hybridized carbons (Fsp3) is 0.158. The maximum atomic E-state index is 12.7. The van der Waals surface area contributed by atoms with Gasteiger partial charge in [0, 0.05) is 34.3 Å². The Hall–Kier alpha value is -3.28. The van der Waals surface area contributed by atoms with Gasteiger partial charge in [0.2, 0.25) is 5.91 Å². The highest BCUT2D eigenvalue weighted by Gasteiger charge is 2.45. The molecule has 6 nitrogen and oxygen atoms in total. The van der Waals surface area contributed by atoms with Crippen LogP contribution in [0.15, 0.2) is 48.5 Å². The number of rotatable bonds is 1. The van der Waals surface area contributed by atoms with Crippen molar-refractivity contribution in [1.29, 1.82) is 0 Å². The van der Waals surface area contributed by atoms with Crippen LogP contribution in [0.4, 0.5) is 10.5 Å². The van der Waals surface area contributed by atoms with E-state index in [2.05, 4.69) is 10.3 Å². The predicted molar refractivity (Wildman–Crippen MR) is 94.1 cm³/mol. The van der Waals surface area contributed by atoms with E-state index in [-0.39, 0.29) is 12.1 Å². The maximum Gasteiger partial charge on any atom is 0.323 e. The van der Waals surface area contributed by atoms with Gasteiger partial charge >= 0.3 is 6.03 Å². The Labute approximate surface area is 143 Å². The van der Waals surface area contributed by atoms with Gasteiger partial charge < -0.3 is 16.0 Å². The fourth-order valence-electron chi connectivity index (χ4n) is 4.12. The number of amides is 3. The van der Waals surface area contributed by atoms with Crippen molar-refractivity contribution in [1.82, 2.24) is 9.88 Å². The highest BCUT2D eigenvalue weighted by molar-refractivity contribution is 5.99. The first kappa shape index (κ1) is 14.1. The van der Waals surface area contributed by atoms with E-state index < -0.39 is 11.9 Å². The molecule has 4 N–H and O–H groups in total. The summed E-state index contributed by atoms with van der Waals surface area (Å²) >= 11 is 0. The summed E-state index contributed by atoms with van der Waals surface area (Å²) in [5, 5.41) is 3.95. The van der Waals surface area contributed by atoms with E-state index in [1.54, 1.807) is 4.90 Å². The van der Waals surface area contributed by atoms with E-state index in [4.69, 9.17) is 5.73 Å². The predicted octanol–water partition coefficient (Wildman–Crippen LogP) is 2.51. The zero-order valence-electron chi connectivity index (χ0n) is 13.3. The van der Waals surface area contributed by atoms with Crippen molar-refractivity contribution in [3.8, 4) is 0 Å². The number of nitrogens with two attached hydrogens (primary N) is 1. The molecule has 5 rings (SSSR count). The van der Waals surface area contributed by atoms with Gasteiger partial charge in [-0.1, -0.05) is 36.4 Å². The zero-order valence-corrected chi connectivity index (χ0v) is 13.3. The fourth-order valence-corrected chi connectivity index (χ4v) is 4.12. The molecule has 1 aromatic heterocycles. The topological polar surface area (TPSA) is 91.2 Å². The summed E-state index contributed by atoms with van der Waals surface area (Å²) in [7, 11) is 0. The quantitative estimate of drug-likeness (QED) is 0.639. The number of aromatic amines is 1. The van der Waals surface area contributed by atoms with E-state index in [1.807, 2.05) is 48.5 Å². The lowest BCUT2D eigenvalue weighted by atomic mass is 9.86. The first-order valence-corrected chi connectivity index (χ1v) is 8.22. The molecule has 2 aromatic carbocycles. The molecule has 0 spiro atoms. The standard InChI is InChI=1S/C19H16N4O2/c20-18(24)15-9-12-10-5-1-3-7-13(10)21-16(12)17-11-6-2-4-8-14(11)22-19(25)23(15)17/h1-8,15,17,21H,9H2,(H2,20,24)(H,22,25)/t15-,17?/m0/s1. The van der Waals surface area contributed by atoms with Crippen LogP contribution in [0.2, 0.25) is 0 Å². The number of carbonyl (C=O) groups excluding carboxylic acids is 2. The number of hydrogen-bond donors (Lipinski definition) is 3. The average Bonchev–Trinajstić information content (AvgIpc) is 2.99. The lowest BCUT2D eigenvalue weighted by molar-refractivity contribution is -0.123. The van der Waals surface area contributed by atoms with Crippen molar-refractivity contribution in [3.63, 3.8) is 0 Å². The number of aromatic nitrogens is 1. The number of fused-ring (bicyclic) bond motifs is 7. The van der Waals surface area contributed by atoms with Crippen molar-refractivity contribution in [2.24, 2.45) is 5.73 Å². The summed E-state index contributed by atoms with van der Waals surface area (Å²) < 4.78 is 0.